The molecular weight excluding hydrogens is 583 g/mol. The van der Waals surface area contributed by atoms with Gasteiger partial charge in [-0.25, -0.2) is 0 Å². The number of allylic oxidation sites excluding steroid dienone is 2. The topological polar surface area (TPSA) is 21.3 Å². The van der Waals surface area contributed by atoms with E-state index in [2.05, 4.69) is 46.2 Å². The Morgan fingerprint density at radius 2 is 0.833 bits per heavy atom. The minimum Gasteiger partial charge on any atom is -0.496 e. The van der Waals surface area contributed by atoms with E-state index in [9.17, 15) is 0 Å². The van der Waals surface area contributed by atoms with Crippen molar-refractivity contribution in [3.8, 4) is 0 Å². The van der Waals surface area contributed by atoms with Gasteiger partial charge in [0.1, 0.15) is 0 Å². The van der Waals surface area contributed by atoms with Gasteiger partial charge in [-0.15, -0.1) is 0 Å². The molecule has 0 amide bonds. The fourth-order valence-corrected chi connectivity index (χ4v) is 7.28. The molecule has 0 rings (SSSR count). The lowest BCUT2D eigenvalue weighted by Gasteiger charge is -2.19. The lowest BCUT2D eigenvalue weighted by Crippen LogP contribution is -2.16. The molecule has 1 atom stereocenters. The van der Waals surface area contributed by atoms with Gasteiger partial charge in [0, 0.05) is 6.42 Å². The first-order valence-corrected chi connectivity index (χ1v) is 22.2. The number of nitrogens with one attached hydrogen (secondary N) is 1. The fourth-order valence-electron chi connectivity index (χ4n) is 7.28. The van der Waals surface area contributed by atoms with Gasteiger partial charge in [0.2, 0.25) is 0 Å². The maximum Gasteiger partial charge on any atom is 0.0954 e. The molecule has 0 aromatic carbocycles. The van der Waals surface area contributed by atoms with E-state index in [1.165, 1.54) is 225 Å². The van der Waals surface area contributed by atoms with Gasteiger partial charge in [-0.05, 0) is 77.3 Å². The lowest BCUT2D eigenvalue weighted by atomic mass is 9.87. The minimum absolute atomic E-state index is 0.330. The summed E-state index contributed by atoms with van der Waals surface area (Å²) >= 11 is 0. The summed E-state index contributed by atoms with van der Waals surface area (Å²) in [6.45, 7) is 20.2. The predicted molar refractivity (Wildman–Crippen MR) is 219 cm³/mol. The second kappa shape index (κ2) is 39.0. The summed E-state index contributed by atoms with van der Waals surface area (Å²) < 4.78 is 6.05. The smallest absolute Gasteiger partial charge is 0.0954 e. The Morgan fingerprint density at radius 1 is 0.458 bits per heavy atom. The summed E-state index contributed by atoms with van der Waals surface area (Å²) in [5.41, 5.74) is 1.55. The van der Waals surface area contributed by atoms with Gasteiger partial charge in [-0.2, -0.15) is 0 Å². The second-order valence-electron chi connectivity index (χ2n) is 15.7. The molecule has 0 saturated heterocycles. The van der Waals surface area contributed by atoms with Crippen molar-refractivity contribution in [2.24, 2.45) is 5.92 Å². The Hall–Kier alpha value is -0.760. The summed E-state index contributed by atoms with van der Waals surface area (Å²) in [5.74, 6) is 1.90. The molecule has 0 aliphatic heterocycles. The normalized spacial score (nSPS) is 12.2. The third-order valence-corrected chi connectivity index (χ3v) is 10.5. The van der Waals surface area contributed by atoms with Gasteiger partial charge in [0.05, 0.1) is 11.9 Å². The largest absolute Gasteiger partial charge is 0.496 e. The quantitative estimate of drug-likeness (QED) is 0.0396. The third kappa shape index (κ3) is 36.5. The summed E-state index contributed by atoms with van der Waals surface area (Å²) in [5, 5.41) is 3.69. The summed E-state index contributed by atoms with van der Waals surface area (Å²) in [6.07, 6.45) is 46.6. The van der Waals surface area contributed by atoms with Crippen LogP contribution in [0.2, 0.25) is 0 Å². The van der Waals surface area contributed by atoms with E-state index >= 15 is 0 Å². The highest BCUT2D eigenvalue weighted by Gasteiger charge is 2.11. The molecule has 2 heteroatoms. The van der Waals surface area contributed by atoms with Crippen LogP contribution in [0.5, 0.6) is 0 Å². The standard InChI is InChI=1S/C46H91NO/c1-7-10-13-16-22-29-36-44(5)48-45(6)37-30-23-20-27-34-41-47-40-33-26-19-21-28-35-43(4)42-46(38-31-24-17-14-11-8-2)39-32-25-18-15-12-9-3/h44,46-47H,4,6-42H2,1-3,5H3. The average Bonchev–Trinajstić information content (AvgIpc) is 3.07. The van der Waals surface area contributed by atoms with Crippen molar-refractivity contribution in [1.29, 1.82) is 0 Å². The van der Waals surface area contributed by atoms with Crippen molar-refractivity contribution < 1.29 is 4.74 Å². The van der Waals surface area contributed by atoms with E-state index in [0.29, 0.717) is 6.10 Å². The van der Waals surface area contributed by atoms with Crippen molar-refractivity contribution in [2.45, 2.75) is 252 Å². The molecule has 0 aromatic rings. The Labute approximate surface area is 304 Å². The van der Waals surface area contributed by atoms with Crippen LogP contribution in [0.25, 0.3) is 0 Å². The molecule has 0 fully saturated rings. The zero-order valence-corrected chi connectivity index (χ0v) is 33.9. The highest BCUT2D eigenvalue weighted by atomic mass is 16.5. The summed E-state index contributed by atoms with van der Waals surface area (Å²) in [6, 6.07) is 0. The molecule has 0 aromatic heterocycles. The maximum atomic E-state index is 6.05. The maximum absolute atomic E-state index is 6.05. The number of ether oxygens (including phenoxy) is 1. The third-order valence-electron chi connectivity index (χ3n) is 10.5. The van der Waals surface area contributed by atoms with Gasteiger partial charge in [0.15, 0.2) is 0 Å². The van der Waals surface area contributed by atoms with Crippen molar-refractivity contribution in [2.75, 3.05) is 13.1 Å². The highest BCUT2D eigenvalue weighted by molar-refractivity contribution is 4.95. The lowest BCUT2D eigenvalue weighted by molar-refractivity contribution is 0.114. The molecule has 0 aliphatic carbocycles. The second-order valence-corrected chi connectivity index (χ2v) is 15.7. The Morgan fingerprint density at radius 3 is 1.31 bits per heavy atom. The monoisotopic (exact) mass is 674 g/mol. The van der Waals surface area contributed by atoms with Crippen LogP contribution in [-0.4, -0.2) is 19.2 Å². The molecular formula is C46H91NO. The van der Waals surface area contributed by atoms with Crippen LogP contribution in [0.15, 0.2) is 24.5 Å². The molecule has 0 bridgehead atoms. The first kappa shape index (κ1) is 47.2. The minimum atomic E-state index is 0.330. The fraction of sp³-hybridized carbons (Fsp3) is 0.913. The van der Waals surface area contributed by atoms with Gasteiger partial charge >= 0.3 is 0 Å². The van der Waals surface area contributed by atoms with Crippen LogP contribution >= 0.6 is 0 Å². The van der Waals surface area contributed by atoms with Gasteiger partial charge in [0.25, 0.3) is 0 Å². The van der Waals surface area contributed by atoms with Crippen LogP contribution in [-0.2, 0) is 4.74 Å². The first-order valence-electron chi connectivity index (χ1n) is 22.2. The number of hydrogen-bond donors (Lipinski definition) is 1. The highest BCUT2D eigenvalue weighted by Crippen LogP contribution is 2.27. The summed E-state index contributed by atoms with van der Waals surface area (Å²) in [4.78, 5) is 0. The van der Waals surface area contributed by atoms with E-state index in [-0.39, 0.29) is 0 Å². The number of hydrogen-bond acceptors (Lipinski definition) is 2. The van der Waals surface area contributed by atoms with Crippen molar-refractivity contribution in [1.82, 2.24) is 5.32 Å². The molecule has 0 radical (unpaired) electrons. The van der Waals surface area contributed by atoms with E-state index < -0.39 is 0 Å². The van der Waals surface area contributed by atoms with Crippen LogP contribution in [0.3, 0.4) is 0 Å². The number of unbranched alkanes of at least 4 members (excludes halogenated alkanes) is 23. The van der Waals surface area contributed by atoms with Crippen molar-refractivity contribution in [3.63, 3.8) is 0 Å². The van der Waals surface area contributed by atoms with Crippen LogP contribution < -0.4 is 5.32 Å². The SMILES string of the molecule is C=C(CCCCCCCNCCCCCCCC(=C)OC(C)CCCCCCCC)CC(CCCCCCCC)CCCCCCCC. The van der Waals surface area contributed by atoms with Gasteiger partial charge in [-0.1, -0.05) is 200 Å². The molecule has 1 N–H and O–H groups in total. The number of rotatable bonds is 41. The molecule has 1 unspecified atom stereocenters. The zero-order chi connectivity index (χ0) is 35.2. The van der Waals surface area contributed by atoms with Crippen LogP contribution in [0, 0.1) is 5.92 Å². The molecule has 0 saturated carbocycles. The van der Waals surface area contributed by atoms with E-state index in [1.807, 2.05) is 0 Å². The van der Waals surface area contributed by atoms with E-state index in [0.717, 1.165) is 18.1 Å². The zero-order valence-electron chi connectivity index (χ0n) is 33.9. The van der Waals surface area contributed by atoms with Crippen molar-refractivity contribution >= 4 is 0 Å². The molecule has 0 aliphatic rings. The summed E-state index contributed by atoms with van der Waals surface area (Å²) in [7, 11) is 0. The Kier molecular flexibility index (Phi) is 38.4. The van der Waals surface area contributed by atoms with Gasteiger partial charge < -0.3 is 10.1 Å². The molecule has 48 heavy (non-hydrogen) atoms. The van der Waals surface area contributed by atoms with Crippen LogP contribution in [0.4, 0.5) is 0 Å². The Bertz CT molecular complexity index is 640. The average molecular weight is 674 g/mol. The van der Waals surface area contributed by atoms with Crippen molar-refractivity contribution in [3.05, 3.63) is 24.5 Å². The molecule has 0 spiro atoms. The molecule has 2 nitrogen and oxygen atoms in total. The first-order chi connectivity index (χ1) is 23.5. The molecule has 0 heterocycles. The van der Waals surface area contributed by atoms with E-state index in [1.54, 1.807) is 5.57 Å². The van der Waals surface area contributed by atoms with Crippen LogP contribution in [0.1, 0.15) is 246 Å². The molecule has 286 valence electrons. The predicted octanol–water partition coefficient (Wildman–Crippen LogP) is 16.0. The van der Waals surface area contributed by atoms with Gasteiger partial charge in [-0.3, -0.25) is 0 Å². The Balaban J connectivity index is 3.69. The van der Waals surface area contributed by atoms with E-state index in [4.69, 9.17) is 4.74 Å².